The van der Waals surface area contributed by atoms with Crippen LogP contribution in [0.4, 0.5) is 18.9 Å². The molecule has 5 nitrogen and oxygen atoms in total. The van der Waals surface area contributed by atoms with Gasteiger partial charge in [-0.2, -0.15) is 13.2 Å². The molecule has 2 aromatic carbocycles. The first kappa shape index (κ1) is 20.4. The van der Waals surface area contributed by atoms with E-state index in [-0.39, 0.29) is 23.5 Å². The van der Waals surface area contributed by atoms with Gasteiger partial charge in [-0.05, 0) is 42.5 Å². The topological polar surface area (TPSA) is 75.3 Å². The molecule has 0 aliphatic carbocycles. The molecule has 0 aliphatic rings. The summed E-state index contributed by atoms with van der Waals surface area (Å²) in [4.78, 5) is 11.8. The molecule has 2 N–H and O–H groups in total. The zero-order valence-corrected chi connectivity index (χ0v) is 15.6. The van der Waals surface area contributed by atoms with E-state index in [0.717, 1.165) is 24.3 Å². The van der Waals surface area contributed by atoms with Crippen molar-refractivity contribution in [1.82, 2.24) is 4.72 Å². The van der Waals surface area contributed by atoms with Crippen LogP contribution in [0.25, 0.3) is 0 Å². The van der Waals surface area contributed by atoms with Crippen LogP contribution in [-0.4, -0.2) is 20.9 Å². The number of halogens is 4. The van der Waals surface area contributed by atoms with Crippen LogP contribution in [0, 0.1) is 0 Å². The molecular formula is C16H14BrF3N2O3S. The summed E-state index contributed by atoms with van der Waals surface area (Å²) in [7, 11) is -3.76. The number of benzene rings is 2. The number of amides is 1. The highest BCUT2D eigenvalue weighted by Gasteiger charge is 2.29. The molecule has 140 valence electrons. The first-order valence-electron chi connectivity index (χ1n) is 7.30. The van der Waals surface area contributed by atoms with Crippen LogP contribution >= 0.6 is 15.9 Å². The molecule has 2 aromatic rings. The Bertz CT molecular complexity index is 884. The largest absolute Gasteiger partial charge is 0.416 e. The van der Waals surface area contributed by atoms with Gasteiger partial charge in [-0.25, -0.2) is 13.1 Å². The molecule has 26 heavy (non-hydrogen) atoms. The Morgan fingerprint density at radius 2 is 1.73 bits per heavy atom. The fourth-order valence-electron chi connectivity index (χ4n) is 1.98. The van der Waals surface area contributed by atoms with Gasteiger partial charge in [0.15, 0.2) is 0 Å². The number of hydrogen-bond donors (Lipinski definition) is 2. The van der Waals surface area contributed by atoms with Crippen LogP contribution in [-0.2, 0) is 21.0 Å². The molecule has 0 radical (unpaired) electrons. The molecule has 0 atom stereocenters. The minimum atomic E-state index is -4.45. The van der Waals surface area contributed by atoms with E-state index in [1.165, 1.54) is 12.1 Å². The van der Waals surface area contributed by atoms with E-state index in [1.807, 2.05) is 0 Å². The summed E-state index contributed by atoms with van der Waals surface area (Å²) in [5, 5.41) is 2.41. The number of anilines is 1. The minimum Gasteiger partial charge on any atom is -0.326 e. The Morgan fingerprint density at radius 1 is 1.08 bits per heavy atom. The van der Waals surface area contributed by atoms with Crippen molar-refractivity contribution in [1.29, 1.82) is 0 Å². The van der Waals surface area contributed by atoms with Crippen molar-refractivity contribution in [2.45, 2.75) is 17.5 Å². The van der Waals surface area contributed by atoms with E-state index in [9.17, 15) is 26.4 Å². The van der Waals surface area contributed by atoms with Gasteiger partial charge in [0.05, 0.1) is 10.5 Å². The van der Waals surface area contributed by atoms with Crippen LogP contribution in [0.3, 0.4) is 0 Å². The van der Waals surface area contributed by atoms with Gasteiger partial charge < -0.3 is 5.32 Å². The van der Waals surface area contributed by atoms with Gasteiger partial charge in [0.25, 0.3) is 0 Å². The molecule has 0 fully saturated rings. The van der Waals surface area contributed by atoms with Crippen molar-refractivity contribution < 1.29 is 26.4 Å². The predicted molar refractivity (Wildman–Crippen MR) is 94.0 cm³/mol. The average molecular weight is 451 g/mol. The maximum Gasteiger partial charge on any atom is 0.416 e. The van der Waals surface area contributed by atoms with Crippen molar-refractivity contribution in [3.05, 3.63) is 58.6 Å². The predicted octanol–water partition coefficient (Wildman–Crippen LogP) is 3.78. The second-order valence-corrected chi connectivity index (χ2v) is 7.91. The highest BCUT2D eigenvalue weighted by molar-refractivity contribution is 9.10. The van der Waals surface area contributed by atoms with Crippen molar-refractivity contribution in [2.24, 2.45) is 0 Å². The summed E-state index contributed by atoms with van der Waals surface area (Å²) >= 11 is 3.17. The molecule has 0 aliphatic heterocycles. The third-order valence-corrected chi connectivity index (χ3v) is 5.20. The molecular weight excluding hydrogens is 437 g/mol. The molecule has 0 spiro atoms. The van der Waals surface area contributed by atoms with Crippen molar-refractivity contribution in [2.75, 3.05) is 11.9 Å². The van der Waals surface area contributed by atoms with Crippen molar-refractivity contribution in [3.8, 4) is 0 Å². The van der Waals surface area contributed by atoms with E-state index < -0.39 is 27.7 Å². The molecule has 0 unspecified atom stereocenters. The summed E-state index contributed by atoms with van der Waals surface area (Å²) < 4.78 is 64.5. The summed E-state index contributed by atoms with van der Waals surface area (Å²) in [5.74, 6) is -0.526. The Balaban J connectivity index is 1.87. The lowest BCUT2D eigenvalue weighted by atomic mass is 10.2. The lowest BCUT2D eigenvalue weighted by molar-refractivity contribution is -0.137. The molecule has 0 heterocycles. The van der Waals surface area contributed by atoms with E-state index in [2.05, 4.69) is 26.0 Å². The van der Waals surface area contributed by atoms with E-state index >= 15 is 0 Å². The molecule has 10 heteroatoms. The lowest BCUT2D eigenvalue weighted by Gasteiger charge is -2.09. The minimum absolute atomic E-state index is 0.0509. The van der Waals surface area contributed by atoms with Crippen LogP contribution < -0.4 is 10.0 Å². The van der Waals surface area contributed by atoms with Crippen LogP contribution in [0.2, 0.25) is 0 Å². The van der Waals surface area contributed by atoms with Gasteiger partial charge in [0.1, 0.15) is 0 Å². The van der Waals surface area contributed by atoms with Gasteiger partial charge in [-0.15, -0.1) is 0 Å². The molecule has 0 saturated heterocycles. The van der Waals surface area contributed by atoms with Gasteiger partial charge >= 0.3 is 6.18 Å². The highest BCUT2D eigenvalue weighted by Crippen LogP contribution is 2.29. The zero-order chi connectivity index (χ0) is 19.4. The van der Waals surface area contributed by atoms with Crippen molar-refractivity contribution in [3.63, 3.8) is 0 Å². The zero-order valence-electron chi connectivity index (χ0n) is 13.2. The third kappa shape index (κ3) is 5.82. The first-order chi connectivity index (χ1) is 12.1. The second kappa shape index (κ2) is 8.19. The Hall–Kier alpha value is -1.91. The fraction of sp³-hybridized carbons (Fsp3) is 0.188. The number of hydrogen-bond acceptors (Lipinski definition) is 3. The average Bonchev–Trinajstić information content (AvgIpc) is 2.54. The second-order valence-electron chi connectivity index (χ2n) is 5.23. The number of carbonyl (C=O) groups is 1. The first-order valence-corrected chi connectivity index (χ1v) is 9.58. The Kier molecular flexibility index (Phi) is 6.43. The Morgan fingerprint density at radius 3 is 2.31 bits per heavy atom. The number of sulfonamides is 1. The summed E-state index contributed by atoms with van der Waals surface area (Å²) in [5.41, 5.74) is -0.630. The monoisotopic (exact) mass is 450 g/mol. The molecule has 2 rings (SSSR count). The summed E-state index contributed by atoms with van der Waals surface area (Å²) in [6, 6.07) is 10.0. The number of rotatable bonds is 6. The molecule has 0 bridgehead atoms. The van der Waals surface area contributed by atoms with Gasteiger partial charge in [0, 0.05) is 23.1 Å². The third-order valence-electron chi connectivity index (χ3n) is 3.25. The van der Waals surface area contributed by atoms with Crippen LogP contribution in [0.1, 0.15) is 12.0 Å². The normalized spacial score (nSPS) is 12.0. The van der Waals surface area contributed by atoms with E-state index in [0.29, 0.717) is 4.47 Å². The fourth-order valence-corrected chi connectivity index (χ4v) is 3.61. The van der Waals surface area contributed by atoms with Gasteiger partial charge in [-0.1, -0.05) is 22.0 Å². The molecule has 0 saturated carbocycles. The maximum atomic E-state index is 12.5. The number of carbonyl (C=O) groups excluding carboxylic acids is 1. The van der Waals surface area contributed by atoms with Crippen LogP contribution in [0.5, 0.6) is 0 Å². The number of nitrogens with one attached hydrogen (secondary N) is 2. The Labute approximate surface area is 156 Å². The molecule has 1 amide bonds. The van der Waals surface area contributed by atoms with Crippen molar-refractivity contribution >= 4 is 37.5 Å². The molecule has 0 aromatic heterocycles. The highest BCUT2D eigenvalue weighted by atomic mass is 79.9. The SMILES string of the molecule is O=C(CCNS(=O)(=O)c1cccc(Br)c1)Nc1ccc(C(F)(F)F)cc1. The van der Waals surface area contributed by atoms with E-state index in [1.54, 1.807) is 12.1 Å². The quantitative estimate of drug-likeness (QED) is 0.702. The van der Waals surface area contributed by atoms with Gasteiger partial charge in [-0.3, -0.25) is 4.79 Å². The van der Waals surface area contributed by atoms with E-state index in [4.69, 9.17) is 0 Å². The standard InChI is InChI=1S/C16H14BrF3N2O3S/c17-12-2-1-3-14(10-12)26(24,25)21-9-8-15(23)22-13-6-4-11(5-7-13)16(18,19)20/h1-7,10,21H,8-9H2,(H,22,23). The maximum absolute atomic E-state index is 12.5. The summed E-state index contributed by atoms with van der Waals surface area (Å²) in [6.45, 7) is -0.151. The summed E-state index contributed by atoms with van der Waals surface area (Å²) in [6.07, 6.45) is -4.62. The lowest BCUT2D eigenvalue weighted by Crippen LogP contribution is -2.27. The van der Waals surface area contributed by atoms with Gasteiger partial charge in [0.2, 0.25) is 15.9 Å². The van der Waals surface area contributed by atoms with Crippen LogP contribution in [0.15, 0.2) is 57.9 Å². The smallest absolute Gasteiger partial charge is 0.326 e. The number of alkyl halides is 3.